The Morgan fingerprint density at radius 2 is 1.76 bits per heavy atom. The quantitative estimate of drug-likeness (QED) is 0.553. The highest BCUT2D eigenvalue weighted by Gasteiger charge is 2.30. The lowest BCUT2D eigenvalue weighted by Crippen LogP contribution is -2.45. The van der Waals surface area contributed by atoms with Crippen LogP contribution in [0.4, 0.5) is 10.1 Å². The van der Waals surface area contributed by atoms with E-state index in [0.29, 0.717) is 25.3 Å². The fourth-order valence-electron chi connectivity index (χ4n) is 4.29. The maximum atomic E-state index is 13.0. The molecule has 2 saturated heterocycles. The number of benzene rings is 1. The summed E-state index contributed by atoms with van der Waals surface area (Å²) in [5, 5.41) is 13.5. The van der Waals surface area contributed by atoms with E-state index in [-0.39, 0.29) is 27.7 Å². The van der Waals surface area contributed by atoms with Gasteiger partial charge in [-0.15, -0.1) is 10.2 Å². The van der Waals surface area contributed by atoms with Crippen LogP contribution in [0.1, 0.15) is 51.7 Å². The molecule has 4 rings (SSSR count). The lowest BCUT2D eigenvalue weighted by Gasteiger charge is -2.31. The standard InChI is InChI=1S/C23H29FN6O3S/c24-17-6-8-18(9-7-17)26-20(32)21-27-28-22(34-21)23(33)30-14-3-5-16(15-30)19(31)25-10-4-13-29-11-1-2-12-29/h6-9,16H,1-5,10-15H2,(H,25,31)(H,26,32)/t16-/m1/s1. The van der Waals surface area contributed by atoms with Crippen LogP contribution in [-0.4, -0.2) is 77.0 Å². The number of amides is 3. The molecule has 0 saturated carbocycles. The molecule has 11 heteroatoms. The zero-order valence-corrected chi connectivity index (χ0v) is 19.8. The molecule has 0 spiro atoms. The summed E-state index contributed by atoms with van der Waals surface area (Å²) in [6, 6.07) is 5.35. The summed E-state index contributed by atoms with van der Waals surface area (Å²) in [5.41, 5.74) is 0.416. The van der Waals surface area contributed by atoms with Crippen molar-refractivity contribution in [2.24, 2.45) is 5.92 Å². The van der Waals surface area contributed by atoms with Crippen molar-refractivity contribution in [3.05, 3.63) is 40.1 Å². The van der Waals surface area contributed by atoms with Gasteiger partial charge in [0.1, 0.15) is 5.82 Å². The van der Waals surface area contributed by atoms with Crippen molar-refractivity contribution in [1.82, 2.24) is 25.3 Å². The van der Waals surface area contributed by atoms with Gasteiger partial charge < -0.3 is 20.4 Å². The van der Waals surface area contributed by atoms with E-state index in [9.17, 15) is 18.8 Å². The van der Waals surface area contributed by atoms with Crippen molar-refractivity contribution in [2.75, 3.05) is 44.6 Å². The highest BCUT2D eigenvalue weighted by atomic mass is 32.1. The average Bonchev–Trinajstić information content (AvgIpc) is 3.55. The van der Waals surface area contributed by atoms with Crippen LogP contribution in [0.3, 0.4) is 0 Å². The molecule has 2 N–H and O–H groups in total. The van der Waals surface area contributed by atoms with Crippen molar-refractivity contribution in [2.45, 2.75) is 32.1 Å². The first-order valence-electron chi connectivity index (χ1n) is 11.7. The normalized spacial score (nSPS) is 18.6. The van der Waals surface area contributed by atoms with E-state index < -0.39 is 11.7 Å². The Bertz CT molecular complexity index is 1010. The summed E-state index contributed by atoms with van der Waals surface area (Å²) in [5.74, 6) is -1.52. The monoisotopic (exact) mass is 488 g/mol. The molecule has 2 aromatic rings. The van der Waals surface area contributed by atoms with Gasteiger partial charge in [0.2, 0.25) is 15.9 Å². The summed E-state index contributed by atoms with van der Waals surface area (Å²) < 4.78 is 13.0. The van der Waals surface area contributed by atoms with Gasteiger partial charge >= 0.3 is 0 Å². The van der Waals surface area contributed by atoms with Crippen LogP contribution in [0.25, 0.3) is 0 Å². The minimum absolute atomic E-state index is 0.0180. The second-order valence-electron chi connectivity index (χ2n) is 8.66. The largest absolute Gasteiger partial charge is 0.356 e. The number of hydrogen-bond donors (Lipinski definition) is 2. The Morgan fingerprint density at radius 3 is 2.53 bits per heavy atom. The van der Waals surface area contributed by atoms with E-state index >= 15 is 0 Å². The summed E-state index contributed by atoms with van der Waals surface area (Å²) in [4.78, 5) is 42.0. The van der Waals surface area contributed by atoms with Crippen LogP contribution >= 0.6 is 11.3 Å². The lowest BCUT2D eigenvalue weighted by molar-refractivity contribution is -0.126. The first-order valence-corrected chi connectivity index (χ1v) is 12.5. The predicted octanol–water partition coefficient (Wildman–Crippen LogP) is 2.38. The van der Waals surface area contributed by atoms with Crippen LogP contribution in [0, 0.1) is 11.7 Å². The van der Waals surface area contributed by atoms with Crippen molar-refractivity contribution in [3.8, 4) is 0 Å². The van der Waals surface area contributed by atoms with Crippen LogP contribution in [0.5, 0.6) is 0 Å². The Hall–Kier alpha value is -2.92. The van der Waals surface area contributed by atoms with Gasteiger partial charge in [0, 0.05) is 25.3 Å². The number of piperidine rings is 1. The van der Waals surface area contributed by atoms with Gasteiger partial charge in [0.25, 0.3) is 11.8 Å². The third kappa shape index (κ3) is 6.35. The smallest absolute Gasteiger partial charge is 0.286 e. The van der Waals surface area contributed by atoms with Crippen LogP contribution in [0.2, 0.25) is 0 Å². The van der Waals surface area contributed by atoms with E-state index in [2.05, 4.69) is 25.7 Å². The SMILES string of the molecule is O=C(Nc1ccc(F)cc1)c1nnc(C(=O)N2CCC[C@@H](C(=O)NCCCN3CCCC3)C2)s1. The number of nitrogens with one attached hydrogen (secondary N) is 2. The molecule has 182 valence electrons. The first kappa shape index (κ1) is 24.2. The first-order chi connectivity index (χ1) is 16.5. The molecule has 3 amide bonds. The number of rotatable bonds is 8. The van der Waals surface area contributed by atoms with Gasteiger partial charge in [-0.2, -0.15) is 0 Å². The van der Waals surface area contributed by atoms with E-state index in [0.717, 1.165) is 50.2 Å². The van der Waals surface area contributed by atoms with Gasteiger partial charge in [0.15, 0.2) is 0 Å². The third-order valence-electron chi connectivity index (χ3n) is 6.13. The van der Waals surface area contributed by atoms with Crippen molar-refractivity contribution < 1.29 is 18.8 Å². The van der Waals surface area contributed by atoms with Crippen molar-refractivity contribution >= 4 is 34.7 Å². The molecule has 2 aliphatic rings. The fraction of sp³-hybridized carbons (Fsp3) is 0.522. The number of carbonyl (C=O) groups is 3. The maximum Gasteiger partial charge on any atom is 0.286 e. The number of hydrogen-bond acceptors (Lipinski definition) is 7. The van der Waals surface area contributed by atoms with Gasteiger partial charge in [-0.05, 0) is 76.0 Å². The van der Waals surface area contributed by atoms with Gasteiger partial charge in [-0.1, -0.05) is 11.3 Å². The molecule has 1 aromatic carbocycles. The number of aromatic nitrogens is 2. The lowest BCUT2D eigenvalue weighted by atomic mass is 9.97. The van der Waals surface area contributed by atoms with E-state index in [4.69, 9.17) is 0 Å². The Balaban J connectivity index is 1.26. The Labute approximate surface area is 201 Å². The number of carbonyl (C=O) groups excluding carboxylic acids is 3. The molecule has 2 aliphatic heterocycles. The van der Waals surface area contributed by atoms with Crippen LogP contribution in [0.15, 0.2) is 24.3 Å². The highest BCUT2D eigenvalue weighted by molar-refractivity contribution is 7.15. The van der Waals surface area contributed by atoms with Crippen molar-refractivity contribution in [1.29, 1.82) is 0 Å². The minimum atomic E-state index is -0.520. The molecule has 34 heavy (non-hydrogen) atoms. The Morgan fingerprint density at radius 1 is 1.03 bits per heavy atom. The summed E-state index contributed by atoms with van der Waals surface area (Å²) in [6.45, 7) is 4.80. The average molecular weight is 489 g/mol. The predicted molar refractivity (Wildman–Crippen MR) is 126 cm³/mol. The van der Waals surface area contributed by atoms with Gasteiger partial charge in [0.05, 0.1) is 5.92 Å². The van der Waals surface area contributed by atoms with Crippen LogP contribution in [-0.2, 0) is 4.79 Å². The van der Waals surface area contributed by atoms with Crippen LogP contribution < -0.4 is 10.6 Å². The third-order valence-corrected chi connectivity index (χ3v) is 7.04. The van der Waals surface area contributed by atoms with E-state index in [1.54, 1.807) is 4.90 Å². The molecule has 2 fully saturated rings. The molecule has 3 heterocycles. The molecule has 1 aromatic heterocycles. The molecule has 0 bridgehead atoms. The topological polar surface area (TPSA) is 108 Å². The summed E-state index contributed by atoms with van der Waals surface area (Å²) in [7, 11) is 0. The summed E-state index contributed by atoms with van der Waals surface area (Å²) in [6.07, 6.45) is 4.91. The number of likely N-dealkylation sites (tertiary alicyclic amines) is 2. The molecule has 9 nitrogen and oxygen atoms in total. The van der Waals surface area contributed by atoms with E-state index in [1.165, 1.54) is 37.1 Å². The molecule has 0 aliphatic carbocycles. The zero-order chi connectivity index (χ0) is 23.9. The number of nitrogens with zero attached hydrogens (tertiary/aromatic N) is 4. The van der Waals surface area contributed by atoms with Crippen molar-refractivity contribution in [3.63, 3.8) is 0 Å². The minimum Gasteiger partial charge on any atom is -0.356 e. The number of anilines is 1. The molecule has 0 radical (unpaired) electrons. The maximum absolute atomic E-state index is 13.0. The molecular weight excluding hydrogens is 459 g/mol. The second-order valence-corrected chi connectivity index (χ2v) is 9.63. The number of halogens is 1. The highest BCUT2D eigenvalue weighted by Crippen LogP contribution is 2.21. The second kappa shape index (κ2) is 11.5. The molecule has 0 unspecified atom stereocenters. The zero-order valence-electron chi connectivity index (χ0n) is 19.0. The Kier molecular flexibility index (Phi) is 8.17. The fourth-order valence-corrected chi connectivity index (χ4v) is 5.00. The molecule has 1 atom stereocenters. The van der Waals surface area contributed by atoms with Gasteiger partial charge in [-0.3, -0.25) is 14.4 Å². The van der Waals surface area contributed by atoms with E-state index in [1.807, 2.05) is 0 Å². The summed E-state index contributed by atoms with van der Waals surface area (Å²) >= 11 is 0.899. The van der Waals surface area contributed by atoms with Gasteiger partial charge in [-0.25, -0.2) is 4.39 Å². The molecular formula is C23H29FN6O3S.